The van der Waals surface area contributed by atoms with Gasteiger partial charge in [-0.2, -0.15) is 0 Å². The minimum atomic E-state index is -0.544. The van der Waals surface area contributed by atoms with Crippen LogP contribution in [0.2, 0.25) is 0 Å². The summed E-state index contributed by atoms with van der Waals surface area (Å²) in [5.41, 5.74) is 0.675. The van der Waals surface area contributed by atoms with Crippen molar-refractivity contribution in [2.75, 3.05) is 25.5 Å². The fraction of sp³-hybridized carbons (Fsp3) is 0.556. The molecule has 132 valence electrons. The summed E-state index contributed by atoms with van der Waals surface area (Å²) in [5.74, 6) is 0.00529. The molecule has 0 bridgehead atoms. The number of benzene rings is 1. The lowest BCUT2D eigenvalue weighted by atomic mass is 10.0. The molecule has 1 aliphatic heterocycles. The molecule has 0 radical (unpaired) electrons. The molecule has 1 saturated heterocycles. The monoisotopic (exact) mass is 333 g/mol. The quantitative estimate of drug-likeness (QED) is 0.892. The predicted molar refractivity (Wildman–Crippen MR) is 94.3 cm³/mol. The van der Waals surface area contributed by atoms with Crippen LogP contribution in [-0.2, 0) is 4.74 Å². The van der Waals surface area contributed by atoms with Crippen molar-refractivity contribution in [2.45, 2.75) is 45.3 Å². The van der Waals surface area contributed by atoms with E-state index >= 15 is 0 Å². The number of carbonyl (C=O) groups is 2. The van der Waals surface area contributed by atoms with Crippen molar-refractivity contribution in [3.63, 3.8) is 0 Å². The summed E-state index contributed by atoms with van der Waals surface area (Å²) in [6.45, 7) is 7.32. The Morgan fingerprint density at radius 3 is 2.29 bits per heavy atom. The van der Waals surface area contributed by atoms with Gasteiger partial charge >= 0.3 is 6.09 Å². The maximum absolute atomic E-state index is 12.6. The minimum Gasteiger partial charge on any atom is -0.444 e. The molecule has 0 spiro atoms. The van der Waals surface area contributed by atoms with Crippen LogP contribution in [0.1, 0.15) is 44.0 Å². The van der Waals surface area contributed by atoms with Crippen LogP contribution in [0.4, 0.5) is 10.5 Å². The number of amides is 2. The van der Waals surface area contributed by atoms with Crippen molar-refractivity contribution in [3.8, 4) is 0 Å². The first-order valence-corrected chi connectivity index (χ1v) is 8.34. The van der Waals surface area contributed by atoms with Crippen LogP contribution in [0.15, 0.2) is 24.3 Å². The van der Waals surface area contributed by atoms with E-state index in [0.717, 1.165) is 25.9 Å². The molecule has 0 atom stereocenters. The topological polar surface area (TPSA) is 70.7 Å². The second-order valence-corrected chi connectivity index (χ2v) is 7.10. The maximum Gasteiger partial charge on any atom is 0.412 e. The van der Waals surface area contributed by atoms with E-state index in [1.165, 1.54) is 0 Å². The van der Waals surface area contributed by atoms with Gasteiger partial charge in [0.05, 0.1) is 0 Å². The van der Waals surface area contributed by atoms with Crippen LogP contribution in [0.25, 0.3) is 0 Å². The summed E-state index contributed by atoms with van der Waals surface area (Å²) in [7, 11) is 1.85. The molecule has 2 N–H and O–H groups in total. The molecule has 6 nitrogen and oxygen atoms in total. The highest BCUT2D eigenvalue weighted by molar-refractivity contribution is 5.95. The Balaban J connectivity index is 1.95. The molecule has 0 aliphatic carbocycles. The molecular formula is C18H27N3O3. The number of nitrogens with zero attached hydrogens (tertiary/aromatic N) is 1. The normalized spacial score (nSPS) is 15.7. The molecule has 1 aromatic rings. The number of carbonyl (C=O) groups excluding carboxylic acids is 2. The lowest BCUT2D eigenvalue weighted by Crippen LogP contribution is -2.43. The van der Waals surface area contributed by atoms with Crippen molar-refractivity contribution < 1.29 is 14.3 Å². The Kier molecular flexibility index (Phi) is 5.83. The van der Waals surface area contributed by atoms with E-state index in [9.17, 15) is 9.59 Å². The molecule has 6 heteroatoms. The van der Waals surface area contributed by atoms with Gasteiger partial charge in [0.25, 0.3) is 5.91 Å². The van der Waals surface area contributed by atoms with Crippen molar-refractivity contribution in [1.29, 1.82) is 0 Å². The zero-order chi connectivity index (χ0) is 17.7. The molecule has 1 heterocycles. The summed E-state index contributed by atoms with van der Waals surface area (Å²) >= 11 is 0. The van der Waals surface area contributed by atoms with Crippen molar-refractivity contribution in [1.82, 2.24) is 10.2 Å². The third-order valence-corrected chi connectivity index (χ3v) is 3.95. The summed E-state index contributed by atoms with van der Waals surface area (Å²) < 4.78 is 5.21. The molecule has 0 unspecified atom stereocenters. The summed E-state index contributed by atoms with van der Waals surface area (Å²) in [6, 6.07) is 7.17. The van der Waals surface area contributed by atoms with Gasteiger partial charge in [0.2, 0.25) is 0 Å². The van der Waals surface area contributed by atoms with E-state index in [1.54, 1.807) is 24.3 Å². The average Bonchev–Trinajstić information content (AvgIpc) is 2.53. The van der Waals surface area contributed by atoms with Crippen molar-refractivity contribution in [3.05, 3.63) is 29.8 Å². The Bertz CT molecular complexity index is 572. The van der Waals surface area contributed by atoms with E-state index in [2.05, 4.69) is 10.6 Å². The lowest BCUT2D eigenvalue weighted by Gasteiger charge is -2.31. The largest absolute Gasteiger partial charge is 0.444 e. The fourth-order valence-corrected chi connectivity index (χ4v) is 2.68. The molecule has 0 saturated carbocycles. The predicted octanol–water partition coefficient (Wildman–Crippen LogP) is 2.86. The van der Waals surface area contributed by atoms with E-state index in [-0.39, 0.29) is 11.9 Å². The third kappa shape index (κ3) is 5.23. The smallest absolute Gasteiger partial charge is 0.412 e. The molecule has 1 aliphatic rings. The SMILES string of the molecule is CN(C(=O)c1ccc(NC(=O)OC(C)(C)C)cc1)C1CCNCC1. The van der Waals surface area contributed by atoms with Gasteiger partial charge in [0, 0.05) is 24.3 Å². The molecule has 2 rings (SSSR count). The number of rotatable bonds is 3. The molecule has 0 aromatic heterocycles. The molecule has 1 fully saturated rings. The van der Waals surface area contributed by atoms with Crippen LogP contribution in [0.5, 0.6) is 0 Å². The number of anilines is 1. The van der Waals surface area contributed by atoms with Gasteiger partial charge in [-0.05, 0) is 71.0 Å². The van der Waals surface area contributed by atoms with Crippen LogP contribution in [-0.4, -0.2) is 48.7 Å². The second-order valence-electron chi connectivity index (χ2n) is 7.10. The van der Waals surface area contributed by atoms with Gasteiger partial charge in [-0.25, -0.2) is 4.79 Å². The van der Waals surface area contributed by atoms with Gasteiger partial charge in [0.15, 0.2) is 0 Å². The Hall–Kier alpha value is -2.08. The fourth-order valence-electron chi connectivity index (χ4n) is 2.68. The second kappa shape index (κ2) is 7.66. The van der Waals surface area contributed by atoms with E-state index in [1.807, 2.05) is 32.7 Å². The van der Waals surface area contributed by atoms with Crippen molar-refractivity contribution >= 4 is 17.7 Å². The highest BCUT2D eigenvalue weighted by Gasteiger charge is 2.23. The first kappa shape index (κ1) is 18.3. The van der Waals surface area contributed by atoms with E-state index < -0.39 is 11.7 Å². The van der Waals surface area contributed by atoms with Crippen LogP contribution in [0, 0.1) is 0 Å². The first-order valence-electron chi connectivity index (χ1n) is 8.34. The molecule has 24 heavy (non-hydrogen) atoms. The maximum atomic E-state index is 12.6. The van der Waals surface area contributed by atoms with Crippen LogP contribution >= 0.6 is 0 Å². The van der Waals surface area contributed by atoms with Crippen LogP contribution in [0.3, 0.4) is 0 Å². The summed E-state index contributed by atoms with van der Waals surface area (Å²) in [4.78, 5) is 26.1. The van der Waals surface area contributed by atoms with Gasteiger partial charge in [-0.3, -0.25) is 10.1 Å². The van der Waals surface area contributed by atoms with E-state index in [4.69, 9.17) is 4.74 Å². The standard InChI is InChI=1S/C18H27N3O3/c1-18(2,3)24-17(23)20-14-7-5-13(6-8-14)16(22)21(4)15-9-11-19-12-10-15/h5-8,15,19H,9-12H2,1-4H3,(H,20,23). The number of hydrogen-bond acceptors (Lipinski definition) is 4. The number of piperidine rings is 1. The molecule has 2 amide bonds. The number of hydrogen-bond donors (Lipinski definition) is 2. The zero-order valence-corrected chi connectivity index (χ0v) is 14.9. The van der Waals surface area contributed by atoms with Gasteiger partial charge in [-0.15, -0.1) is 0 Å². The third-order valence-electron chi connectivity index (χ3n) is 3.95. The van der Waals surface area contributed by atoms with Crippen LogP contribution < -0.4 is 10.6 Å². The van der Waals surface area contributed by atoms with Gasteiger partial charge in [0.1, 0.15) is 5.60 Å². The highest BCUT2D eigenvalue weighted by Crippen LogP contribution is 2.17. The highest BCUT2D eigenvalue weighted by atomic mass is 16.6. The Labute approximate surface area is 143 Å². The Morgan fingerprint density at radius 2 is 1.75 bits per heavy atom. The van der Waals surface area contributed by atoms with Crippen molar-refractivity contribution in [2.24, 2.45) is 0 Å². The molecular weight excluding hydrogens is 306 g/mol. The van der Waals surface area contributed by atoms with E-state index in [0.29, 0.717) is 11.3 Å². The Morgan fingerprint density at radius 1 is 1.17 bits per heavy atom. The summed E-state index contributed by atoms with van der Waals surface area (Å²) in [6.07, 6.45) is 1.44. The first-order chi connectivity index (χ1) is 11.3. The lowest BCUT2D eigenvalue weighted by molar-refractivity contribution is 0.0635. The van der Waals surface area contributed by atoms with Gasteiger partial charge in [-0.1, -0.05) is 0 Å². The van der Waals surface area contributed by atoms with Gasteiger partial charge < -0.3 is 15.0 Å². The molecule has 1 aromatic carbocycles. The zero-order valence-electron chi connectivity index (χ0n) is 14.9. The minimum absolute atomic E-state index is 0.00529. The average molecular weight is 333 g/mol. The number of ether oxygens (including phenoxy) is 1. The summed E-state index contributed by atoms with van der Waals surface area (Å²) in [5, 5.41) is 5.96. The number of nitrogens with one attached hydrogen (secondary N) is 2.